The molecule has 22 heavy (non-hydrogen) atoms. The maximum Gasteiger partial charge on any atom is 0.270 e. The maximum atomic E-state index is 11.9. The number of rotatable bonds is 3. The zero-order valence-corrected chi connectivity index (χ0v) is 12.1. The number of aromatic amines is 1. The third kappa shape index (κ3) is 2.93. The Balaban J connectivity index is 1.82. The van der Waals surface area contributed by atoms with E-state index in [1.165, 1.54) is 5.56 Å². The van der Waals surface area contributed by atoms with Gasteiger partial charge in [0.15, 0.2) is 0 Å². The van der Waals surface area contributed by atoms with Gasteiger partial charge in [-0.1, -0.05) is 30.3 Å². The van der Waals surface area contributed by atoms with E-state index in [4.69, 9.17) is 5.84 Å². The third-order valence-electron chi connectivity index (χ3n) is 3.91. The van der Waals surface area contributed by atoms with Crippen molar-refractivity contribution in [2.24, 2.45) is 5.84 Å². The molecule has 1 aromatic carbocycles. The Hall–Kier alpha value is -2.44. The monoisotopic (exact) mass is 298 g/mol. The van der Waals surface area contributed by atoms with E-state index in [-0.39, 0.29) is 5.56 Å². The van der Waals surface area contributed by atoms with E-state index in [2.05, 4.69) is 22.0 Å². The summed E-state index contributed by atoms with van der Waals surface area (Å²) >= 11 is 0. The number of hydrogen-bond donors (Lipinski definition) is 3. The first-order valence-electron chi connectivity index (χ1n) is 7.19. The van der Waals surface area contributed by atoms with Crippen LogP contribution in [0.15, 0.2) is 41.2 Å². The number of hydrogen-bond acceptors (Lipinski definition) is 4. The molecule has 1 aromatic heterocycles. The molecule has 1 amide bonds. The molecule has 6 nitrogen and oxygen atoms in total. The Morgan fingerprint density at radius 1 is 1.32 bits per heavy atom. The summed E-state index contributed by atoms with van der Waals surface area (Å²) in [7, 11) is 0. The Morgan fingerprint density at radius 3 is 2.82 bits per heavy atom. The SMILES string of the molecule is NNC(=O)c1cc2c([nH]c1=O)CCN(Cc1ccccc1)C2. The molecule has 0 saturated carbocycles. The van der Waals surface area contributed by atoms with Gasteiger partial charge in [0.25, 0.3) is 11.5 Å². The summed E-state index contributed by atoms with van der Waals surface area (Å²) < 4.78 is 0. The van der Waals surface area contributed by atoms with Crippen LogP contribution in [0, 0.1) is 0 Å². The molecule has 0 unspecified atom stereocenters. The highest BCUT2D eigenvalue weighted by Gasteiger charge is 2.20. The molecule has 2 aromatic rings. The second-order valence-corrected chi connectivity index (χ2v) is 5.44. The fraction of sp³-hybridized carbons (Fsp3) is 0.250. The molecular weight excluding hydrogens is 280 g/mol. The number of carbonyl (C=O) groups excluding carboxylic acids is 1. The minimum Gasteiger partial charge on any atom is -0.325 e. The van der Waals surface area contributed by atoms with Gasteiger partial charge in [0.05, 0.1) is 0 Å². The number of carbonyl (C=O) groups is 1. The van der Waals surface area contributed by atoms with E-state index in [9.17, 15) is 9.59 Å². The Labute approximate surface area is 127 Å². The highest BCUT2D eigenvalue weighted by atomic mass is 16.2. The van der Waals surface area contributed by atoms with Gasteiger partial charge in [-0.25, -0.2) is 5.84 Å². The van der Waals surface area contributed by atoms with Gasteiger partial charge in [-0.15, -0.1) is 0 Å². The maximum absolute atomic E-state index is 11.9. The number of fused-ring (bicyclic) bond motifs is 1. The van der Waals surface area contributed by atoms with Crippen molar-refractivity contribution in [1.29, 1.82) is 0 Å². The van der Waals surface area contributed by atoms with E-state index < -0.39 is 11.5 Å². The fourth-order valence-corrected chi connectivity index (χ4v) is 2.79. The lowest BCUT2D eigenvalue weighted by molar-refractivity contribution is 0.0951. The van der Waals surface area contributed by atoms with Gasteiger partial charge < -0.3 is 4.98 Å². The minimum absolute atomic E-state index is 0.0582. The molecule has 0 saturated heterocycles. The fourth-order valence-electron chi connectivity index (χ4n) is 2.79. The number of nitrogens with zero attached hydrogens (tertiary/aromatic N) is 1. The van der Waals surface area contributed by atoms with E-state index >= 15 is 0 Å². The number of aromatic nitrogens is 1. The van der Waals surface area contributed by atoms with Crippen molar-refractivity contribution in [3.63, 3.8) is 0 Å². The highest BCUT2D eigenvalue weighted by Crippen LogP contribution is 2.18. The first kappa shape index (κ1) is 14.5. The molecule has 1 aliphatic rings. The number of nitrogen functional groups attached to an aromatic ring is 1. The van der Waals surface area contributed by atoms with Crippen LogP contribution in [0.4, 0.5) is 0 Å². The summed E-state index contributed by atoms with van der Waals surface area (Å²) in [6, 6.07) is 11.9. The number of hydrazine groups is 1. The quantitative estimate of drug-likeness (QED) is 0.438. The molecule has 0 radical (unpaired) electrons. The van der Waals surface area contributed by atoms with Crippen LogP contribution < -0.4 is 16.8 Å². The van der Waals surface area contributed by atoms with Crippen LogP contribution >= 0.6 is 0 Å². The molecule has 3 rings (SSSR count). The normalized spacial score (nSPS) is 14.4. The predicted molar refractivity (Wildman–Crippen MR) is 83.0 cm³/mol. The highest BCUT2D eigenvalue weighted by molar-refractivity contribution is 5.93. The Kier molecular flexibility index (Phi) is 4.04. The second-order valence-electron chi connectivity index (χ2n) is 5.44. The molecular formula is C16H18N4O2. The van der Waals surface area contributed by atoms with Crippen LogP contribution in [-0.2, 0) is 19.5 Å². The van der Waals surface area contributed by atoms with Crippen molar-refractivity contribution in [3.05, 3.63) is 69.1 Å². The number of nitrogens with two attached hydrogens (primary N) is 1. The number of H-pyrrole nitrogens is 1. The van der Waals surface area contributed by atoms with Gasteiger partial charge in [0.1, 0.15) is 5.56 Å². The molecule has 0 bridgehead atoms. The van der Waals surface area contributed by atoms with Crippen molar-refractivity contribution >= 4 is 5.91 Å². The smallest absolute Gasteiger partial charge is 0.270 e. The van der Waals surface area contributed by atoms with Gasteiger partial charge in [-0.05, 0) is 17.2 Å². The van der Waals surface area contributed by atoms with Crippen LogP contribution in [0.1, 0.15) is 27.2 Å². The van der Waals surface area contributed by atoms with Crippen LogP contribution in [0.3, 0.4) is 0 Å². The van der Waals surface area contributed by atoms with Crippen molar-refractivity contribution in [1.82, 2.24) is 15.3 Å². The van der Waals surface area contributed by atoms with Crippen molar-refractivity contribution in [3.8, 4) is 0 Å². The first-order valence-corrected chi connectivity index (χ1v) is 7.19. The Bertz CT molecular complexity index is 740. The molecule has 6 heteroatoms. The number of pyridine rings is 1. The zero-order valence-electron chi connectivity index (χ0n) is 12.1. The van der Waals surface area contributed by atoms with Gasteiger partial charge in [-0.2, -0.15) is 0 Å². The average molecular weight is 298 g/mol. The minimum atomic E-state index is -0.566. The average Bonchev–Trinajstić information content (AvgIpc) is 2.55. The number of nitrogens with one attached hydrogen (secondary N) is 2. The third-order valence-corrected chi connectivity index (χ3v) is 3.91. The standard InChI is InChI=1S/C16H18N4O2/c17-19-16(22)13-8-12-10-20(7-6-14(12)18-15(13)21)9-11-4-2-1-3-5-11/h1-5,8H,6-7,9-10,17H2,(H,18,21)(H,19,22). The summed E-state index contributed by atoms with van der Waals surface area (Å²) in [6.45, 7) is 2.42. The van der Waals surface area contributed by atoms with Crippen molar-refractivity contribution in [2.45, 2.75) is 19.5 Å². The first-order chi connectivity index (χ1) is 10.7. The van der Waals surface area contributed by atoms with Crippen LogP contribution in [0.25, 0.3) is 0 Å². The summed E-state index contributed by atoms with van der Waals surface area (Å²) in [5, 5.41) is 0. The van der Waals surface area contributed by atoms with Crippen molar-refractivity contribution < 1.29 is 4.79 Å². The topological polar surface area (TPSA) is 91.2 Å². The van der Waals surface area contributed by atoms with E-state index in [1.54, 1.807) is 6.07 Å². The molecule has 0 fully saturated rings. The molecule has 2 heterocycles. The van der Waals surface area contributed by atoms with Gasteiger partial charge >= 0.3 is 0 Å². The van der Waals surface area contributed by atoms with Crippen LogP contribution in [-0.4, -0.2) is 22.3 Å². The summed E-state index contributed by atoms with van der Waals surface area (Å²) in [5.41, 5.74) is 4.80. The summed E-state index contributed by atoms with van der Waals surface area (Å²) in [5.74, 6) is 4.55. The predicted octanol–water partition coefficient (Wildman–Crippen LogP) is 0.537. The van der Waals surface area contributed by atoms with E-state index in [1.807, 2.05) is 23.6 Å². The molecule has 114 valence electrons. The second kappa shape index (κ2) is 6.13. The summed E-state index contributed by atoms with van der Waals surface area (Å²) in [4.78, 5) is 28.6. The molecule has 1 aliphatic heterocycles. The number of amides is 1. The summed E-state index contributed by atoms with van der Waals surface area (Å²) in [6.07, 6.45) is 0.766. The Morgan fingerprint density at radius 2 is 2.09 bits per heavy atom. The van der Waals surface area contributed by atoms with E-state index in [0.29, 0.717) is 6.54 Å². The largest absolute Gasteiger partial charge is 0.325 e. The van der Waals surface area contributed by atoms with Gasteiger partial charge in [0.2, 0.25) is 0 Å². The van der Waals surface area contributed by atoms with Gasteiger partial charge in [-0.3, -0.25) is 19.9 Å². The molecule has 0 aliphatic carbocycles. The van der Waals surface area contributed by atoms with Gasteiger partial charge in [0, 0.05) is 31.7 Å². The lowest BCUT2D eigenvalue weighted by atomic mass is 10.0. The lowest BCUT2D eigenvalue weighted by Crippen LogP contribution is -2.37. The van der Waals surface area contributed by atoms with Crippen molar-refractivity contribution in [2.75, 3.05) is 6.54 Å². The zero-order chi connectivity index (χ0) is 15.5. The molecule has 0 spiro atoms. The van der Waals surface area contributed by atoms with E-state index in [0.717, 1.165) is 30.8 Å². The van der Waals surface area contributed by atoms with Crippen LogP contribution in [0.2, 0.25) is 0 Å². The lowest BCUT2D eigenvalue weighted by Gasteiger charge is -2.28. The molecule has 4 N–H and O–H groups in total. The van der Waals surface area contributed by atoms with Crippen LogP contribution in [0.5, 0.6) is 0 Å². The number of benzene rings is 1. The molecule has 0 atom stereocenters.